The molecule has 1 saturated heterocycles. The van der Waals surface area contributed by atoms with E-state index in [1.54, 1.807) is 0 Å². The lowest BCUT2D eigenvalue weighted by atomic mass is 10.0. The molecule has 0 saturated carbocycles. The average molecular weight is 290 g/mol. The molecule has 3 heteroatoms. The smallest absolute Gasteiger partial charge is 0.0805 e. The van der Waals surface area contributed by atoms with E-state index in [1.807, 2.05) is 0 Å². The van der Waals surface area contributed by atoms with Crippen LogP contribution >= 0.6 is 0 Å². The van der Waals surface area contributed by atoms with Gasteiger partial charge in [0.05, 0.1) is 11.7 Å². The number of anilines is 1. The maximum absolute atomic E-state index is 5.98. The Hall–Kier alpha value is -1.06. The molecule has 0 bridgehead atoms. The molecule has 0 spiro atoms. The highest BCUT2D eigenvalue weighted by Crippen LogP contribution is 2.27. The number of benzene rings is 1. The van der Waals surface area contributed by atoms with Gasteiger partial charge in [-0.25, -0.2) is 0 Å². The minimum atomic E-state index is -0.0771. The van der Waals surface area contributed by atoms with Crippen LogP contribution in [0.2, 0.25) is 0 Å². The van der Waals surface area contributed by atoms with E-state index in [2.05, 4.69) is 69.1 Å². The summed E-state index contributed by atoms with van der Waals surface area (Å²) >= 11 is 0. The van der Waals surface area contributed by atoms with Crippen molar-refractivity contribution in [2.45, 2.75) is 58.8 Å². The maximum atomic E-state index is 5.98. The molecule has 21 heavy (non-hydrogen) atoms. The fourth-order valence-corrected chi connectivity index (χ4v) is 3.10. The SMILES string of the molecule is CCCNC(C)c1ccc(N2CC(C)OC(C)(C)C2)cc1. The van der Waals surface area contributed by atoms with Crippen LogP contribution in [0.25, 0.3) is 0 Å². The molecule has 1 fully saturated rings. The van der Waals surface area contributed by atoms with Gasteiger partial charge < -0.3 is 15.0 Å². The Bertz CT molecular complexity index is 441. The molecule has 1 aromatic carbocycles. The van der Waals surface area contributed by atoms with Gasteiger partial charge in [-0.05, 0) is 58.4 Å². The monoisotopic (exact) mass is 290 g/mol. The first-order chi connectivity index (χ1) is 9.91. The van der Waals surface area contributed by atoms with E-state index >= 15 is 0 Å². The Morgan fingerprint density at radius 2 is 2.00 bits per heavy atom. The molecular weight excluding hydrogens is 260 g/mol. The summed E-state index contributed by atoms with van der Waals surface area (Å²) in [5.41, 5.74) is 2.57. The molecule has 2 rings (SSSR count). The van der Waals surface area contributed by atoms with Crippen LogP contribution in [0.3, 0.4) is 0 Å². The van der Waals surface area contributed by atoms with Crippen molar-refractivity contribution >= 4 is 5.69 Å². The number of rotatable bonds is 5. The average Bonchev–Trinajstić information content (AvgIpc) is 2.42. The van der Waals surface area contributed by atoms with Gasteiger partial charge in [0.25, 0.3) is 0 Å². The Balaban J connectivity index is 2.04. The highest BCUT2D eigenvalue weighted by Gasteiger charge is 2.31. The molecule has 1 aliphatic rings. The lowest BCUT2D eigenvalue weighted by Gasteiger charge is -2.43. The number of morpholine rings is 1. The minimum Gasteiger partial charge on any atom is -0.369 e. The molecule has 1 aliphatic heterocycles. The Labute approximate surface area is 129 Å². The molecule has 0 amide bonds. The van der Waals surface area contributed by atoms with Crippen LogP contribution in [-0.2, 0) is 4.74 Å². The summed E-state index contributed by atoms with van der Waals surface area (Å²) in [4.78, 5) is 2.43. The van der Waals surface area contributed by atoms with Crippen molar-refractivity contribution < 1.29 is 4.74 Å². The molecule has 3 nitrogen and oxygen atoms in total. The molecule has 0 aliphatic carbocycles. The largest absolute Gasteiger partial charge is 0.369 e. The first-order valence-corrected chi connectivity index (χ1v) is 8.17. The van der Waals surface area contributed by atoms with Crippen molar-refractivity contribution in [1.29, 1.82) is 0 Å². The van der Waals surface area contributed by atoms with Gasteiger partial charge in [-0.2, -0.15) is 0 Å². The molecule has 1 aromatic rings. The highest BCUT2D eigenvalue weighted by atomic mass is 16.5. The van der Waals surface area contributed by atoms with Gasteiger partial charge >= 0.3 is 0 Å². The predicted molar refractivity (Wildman–Crippen MR) is 90.0 cm³/mol. The molecule has 0 aromatic heterocycles. The summed E-state index contributed by atoms with van der Waals surface area (Å²) in [6.07, 6.45) is 1.45. The number of hydrogen-bond donors (Lipinski definition) is 1. The first-order valence-electron chi connectivity index (χ1n) is 8.17. The summed E-state index contributed by atoms with van der Waals surface area (Å²) < 4.78 is 5.98. The number of nitrogens with zero attached hydrogens (tertiary/aromatic N) is 1. The fraction of sp³-hybridized carbons (Fsp3) is 0.667. The van der Waals surface area contributed by atoms with Gasteiger partial charge in [0, 0.05) is 24.8 Å². The number of ether oxygens (including phenoxy) is 1. The summed E-state index contributed by atoms with van der Waals surface area (Å²) in [5, 5.41) is 3.53. The molecule has 1 heterocycles. The second kappa shape index (κ2) is 6.80. The third-order valence-electron chi connectivity index (χ3n) is 4.03. The van der Waals surface area contributed by atoms with E-state index in [9.17, 15) is 0 Å². The van der Waals surface area contributed by atoms with E-state index in [0.717, 1.165) is 19.6 Å². The zero-order valence-corrected chi connectivity index (χ0v) is 14.1. The zero-order valence-electron chi connectivity index (χ0n) is 14.1. The molecule has 2 atom stereocenters. The third-order valence-corrected chi connectivity index (χ3v) is 4.03. The van der Waals surface area contributed by atoms with E-state index in [0.29, 0.717) is 6.04 Å². The predicted octanol–water partition coefficient (Wildman–Crippen LogP) is 3.75. The fourth-order valence-electron chi connectivity index (χ4n) is 3.10. The standard InChI is InChI=1S/C18H30N2O/c1-6-11-19-15(3)16-7-9-17(10-8-16)20-12-14(2)21-18(4,5)13-20/h7-10,14-15,19H,6,11-13H2,1-5H3. The normalized spacial score (nSPS) is 23.1. The molecule has 1 N–H and O–H groups in total. The second-order valence-corrected chi connectivity index (χ2v) is 6.84. The van der Waals surface area contributed by atoms with Crippen molar-refractivity contribution in [1.82, 2.24) is 5.32 Å². The van der Waals surface area contributed by atoms with Gasteiger partial charge in [0.15, 0.2) is 0 Å². The van der Waals surface area contributed by atoms with Gasteiger partial charge in [0.1, 0.15) is 0 Å². The lowest BCUT2D eigenvalue weighted by Crippen LogP contribution is -2.52. The van der Waals surface area contributed by atoms with Crippen molar-refractivity contribution in [2.24, 2.45) is 0 Å². The highest BCUT2D eigenvalue weighted by molar-refractivity contribution is 5.49. The molecule has 118 valence electrons. The van der Waals surface area contributed by atoms with Gasteiger partial charge in [-0.3, -0.25) is 0 Å². The third kappa shape index (κ3) is 4.45. The summed E-state index contributed by atoms with van der Waals surface area (Å²) in [6, 6.07) is 9.39. The number of hydrogen-bond acceptors (Lipinski definition) is 3. The Morgan fingerprint density at radius 3 is 2.57 bits per heavy atom. The minimum absolute atomic E-state index is 0.0771. The van der Waals surface area contributed by atoms with Crippen molar-refractivity contribution in [3.8, 4) is 0 Å². The summed E-state index contributed by atoms with van der Waals surface area (Å²) in [7, 11) is 0. The summed E-state index contributed by atoms with van der Waals surface area (Å²) in [5.74, 6) is 0. The van der Waals surface area contributed by atoms with Crippen LogP contribution in [-0.4, -0.2) is 31.3 Å². The first kappa shape index (κ1) is 16.3. The van der Waals surface area contributed by atoms with Gasteiger partial charge in [-0.1, -0.05) is 19.1 Å². The van der Waals surface area contributed by atoms with Crippen LogP contribution in [0.1, 0.15) is 52.6 Å². The van der Waals surface area contributed by atoms with Crippen molar-refractivity contribution in [2.75, 3.05) is 24.5 Å². The van der Waals surface area contributed by atoms with E-state index in [1.165, 1.54) is 17.7 Å². The zero-order chi connectivity index (χ0) is 15.5. The van der Waals surface area contributed by atoms with E-state index in [4.69, 9.17) is 4.74 Å². The van der Waals surface area contributed by atoms with Gasteiger partial charge in [0.2, 0.25) is 0 Å². The second-order valence-electron chi connectivity index (χ2n) is 6.84. The molecular formula is C18H30N2O. The van der Waals surface area contributed by atoms with Crippen LogP contribution in [0, 0.1) is 0 Å². The topological polar surface area (TPSA) is 24.5 Å². The Kier molecular flexibility index (Phi) is 5.28. The number of nitrogens with one attached hydrogen (secondary N) is 1. The lowest BCUT2D eigenvalue weighted by molar-refractivity contribution is -0.0749. The molecule has 2 unspecified atom stereocenters. The van der Waals surface area contributed by atoms with Crippen molar-refractivity contribution in [3.63, 3.8) is 0 Å². The van der Waals surface area contributed by atoms with Crippen LogP contribution in [0.15, 0.2) is 24.3 Å². The molecule has 0 radical (unpaired) electrons. The quantitative estimate of drug-likeness (QED) is 0.894. The van der Waals surface area contributed by atoms with Crippen molar-refractivity contribution in [3.05, 3.63) is 29.8 Å². The van der Waals surface area contributed by atoms with Crippen LogP contribution < -0.4 is 10.2 Å². The van der Waals surface area contributed by atoms with Crippen LogP contribution in [0.4, 0.5) is 5.69 Å². The maximum Gasteiger partial charge on any atom is 0.0805 e. The van der Waals surface area contributed by atoms with E-state index < -0.39 is 0 Å². The van der Waals surface area contributed by atoms with E-state index in [-0.39, 0.29) is 11.7 Å². The Morgan fingerprint density at radius 1 is 1.33 bits per heavy atom. The van der Waals surface area contributed by atoms with Crippen LogP contribution in [0.5, 0.6) is 0 Å². The summed E-state index contributed by atoms with van der Waals surface area (Å²) in [6.45, 7) is 13.9. The van der Waals surface area contributed by atoms with Gasteiger partial charge in [-0.15, -0.1) is 0 Å².